The predicted molar refractivity (Wildman–Crippen MR) is 93.8 cm³/mol. The molecule has 1 aromatic heterocycles. The highest BCUT2D eigenvalue weighted by atomic mass is 32.1. The number of amides is 1. The molecule has 6 heteroatoms. The maximum absolute atomic E-state index is 12.9. The summed E-state index contributed by atoms with van der Waals surface area (Å²) in [7, 11) is 0. The van der Waals surface area contributed by atoms with Gasteiger partial charge in [-0.05, 0) is 17.5 Å². The van der Waals surface area contributed by atoms with Gasteiger partial charge in [0.1, 0.15) is 5.01 Å². The largest absolute Gasteiger partial charge is 0.372 e. The van der Waals surface area contributed by atoms with E-state index in [1.165, 1.54) is 11.3 Å². The smallest absolute Gasteiger partial charge is 0.267 e. The Morgan fingerprint density at radius 1 is 1.04 bits per heavy atom. The molecule has 1 amide bonds. The van der Waals surface area contributed by atoms with Crippen LogP contribution in [0.15, 0.2) is 60.7 Å². The Kier molecular flexibility index (Phi) is 4.69. The molecule has 0 aliphatic carbocycles. The Labute approximate surface area is 144 Å². The fourth-order valence-electron chi connectivity index (χ4n) is 2.42. The molecule has 5 nitrogen and oxygen atoms in total. The molecule has 24 heavy (non-hydrogen) atoms. The minimum absolute atomic E-state index is 0.377. The number of benzene rings is 2. The van der Waals surface area contributed by atoms with Crippen LogP contribution in [-0.2, 0) is 16.8 Å². The van der Waals surface area contributed by atoms with Crippen molar-refractivity contribution in [2.75, 3.05) is 5.32 Å². The Morgan fingerprint density at radius 2 is 1.58 bits per heavy atom. The summed E-state index contributed by atoms with van der Waals surface area (Å²) in [5.41, 5.74) is -0.816. The zero-order valence-electron chi connectivity index (χ0n) is 13.1. The number of hydrogen-bond donors (Lipinski definition) is 2. The van der Waals surface area contributed by atoms with Gasteiger partial charge in [-0.25, -0.2) is 0 Å². The molecule has 0 unspecified atom stereocenters. The van der Waals surface area contributed by atoms with Gasteiger partial charge in [0.25, 0.3) is 5.91 Å². The number of hydrogen-bond acceptors (Lipinski definition) is 5. The van der Waals surface area contributed by atoms with Crippen LogP contribution in [0.3, 0.4) is 0 Å². The van der Waals surface area contributed by atoms with E-state index >= 15 is 0 Å². The molecule has 0 saturated heterocycles. The summed E-state index contributed by atoms with van der Waals surface area (Å²) in [4.78, 5) is 12.9. The number of aliphatic hydroxyl groups is 1. The first-order valence-electron chi connectivity index (χ1n) is 7.62. The summed E-state index contributed by atoms with van der Waals surface area (Å²) in [6.07, 6.45) is 0.745. The lowest BCUT2D eigenvalue weighted by atomic mass is 9.85. The molecule has 0 aliphatic rings. The monoisotopic (exact) mass is 339 g/mol. The van der Waals surface area contributed by atoms with E-state index in [4.69, 9.17) is 0 Å². The predicted octanol–water partition coefficient (Wildman–Crippen LogP) is 2.98. The Hall–Kier alpha value is -2.57. The zero-order valence-corrected chi connectivity index (χ0v) is 14.0. The van der Waals surface area contributed by atoms with Crippen LogP contribution in [0, 0.1) is 0 Å². The molecule has 1 heterocycles. The van der Waals surface area contributed by atoms with Gasteiger partial charge in [-0.1, -0.05) is 78.9 Å². The highest BCUT2D eigenvalue weighted by Gasteiger charge is 2.40. The molecule has 0 fully saturated rings. The molecule has 3 aromatic rings. The summed E-state index contributed by atoms with van der Waals surface area (Å²) in [6.45, 7) is 1.97. The van der Waals surface area contributed by atoms with Crippen LogP contribution in [0.5, 0.6) is 0 Å². The number of aromatic nitrogens is 2. The average Bonchev–Trinajstić information content (AvgIpc) is 3.10. The Morgan fingerprint density at radius 3 is 2.04 bits per heavy atom. The van der Waals surface area contributed by atoms with E-state index in [0.717, 1.165) is 11.4 Å². The van der Waals surface area contributed by atoms with Crippen molar-refractivity contribution in [3.05, 3.63) is 76.8 Å². The molecule has 2 N–H and O–H groups in total. The third-order valence-corrected chi connectivity index (χ3v) is 4.68. The van der Waals surface area contributed by atoms with Crippen molar-refractivity contribution >= 4 is 22.4 Å². The lowest BCUT2D eigenvalue weighted by molar-refractivity contribution is -0.131. The Bertz CT molecular complexity index is 779. The van der Waals surface area contributed by atoms with Gasteiger partial charge >= 0.3 is 0 Å². The second-order valence-corrected chi connectivity index (χ2v) is 6.31. The van der Waals surface area contributed by atoms with Gasteiger partial charge in [0.2, 0.25) is 5.13 Å². The lowest BCUT2D eigenvalue weighted by Gasteiger charge is -2.27. The molecule has 3 rings (SSSR count). The second kappa shape index (κ2) is 6.90. The number of nitrogens with one attached hydrogen (secondary N) is 1. The Balaban J connectivity index is 2.00. The topological polar surface area (TPSA) is 75.1 Å². The van der Waals surface area contributed by atoms with E-state index in [1.807, 2.05) is 19.1 Å². The first-order valence-corrected chi connectivity index (χ1v) is 8.43. The summed E-state index contributed by atoms with van der Waals surface area (Å²) in [6, 6.07) is 17.7. The molecule has 0 atom stereocenters. The number of carbonyl (C=O) groups excluding carboxylic acids is 1. The van der Waals surface area contributed by atoms with Crippen LogP contribution in [0.2, 0.25) is 0 Å². The van der Waals surface area contributed by atoms with Gasteiger partial charge in [0.15, 0.2) is 5.60 Å². The van der Waals surface area contributed by atoms with Crippen LogP contribution < -0.4 is 5.32 Å². The SMILES string of the molecule is CCc1nnc(NC(=O)C(O)(c2ccccc2)c2ccccc2)s1. The molecule has 0 bridgehead atoms. The fraction of sp³-hybridized carbons (Fsp3) is 0.167. The quantitative estimate of drug-likeness (QED) is 0.749. The highest BCUT2D eigenvalue weighted by molar-refractivity contribution is 7.15. The van der Waals surface area contributed by atoms with Gasteiger partial charge in [-0.3, -0.25) is 10.1 Å². The van der Waals surface area contributed by atoms with Crippen molar-refractivity contribution in [3.8, 4) is 0 Å². The molecule has 0 aliphatic heterocycles. The number of anilines is 1. The number of carbonyl (C=O) groups is 1. The van der Waals surface area contributed by atoms with Gasteiger partial charge < -0.3 is 5.11 Å². The molecular formula is C18H17N3O2S. The minimum Gasteiger partial charge on any atom is -0.372 e. The highest BCUT2D eigenvalue weighted by Crippen LogP contribution is 2.31. The standard InChI is InChI=1S/C18H17N3O2S/c1-2-15-20-21-17(24-15)19-16(22)18(23,13-9-5-3-6-10-13)14-11-7-4-8-12-14/h3-12,23H,2H2,1H3,(H,19,21,22). The van der Waals surface area contributed by atoms with Gasteiger partial charge in [0, 0.05) is 0 Å². The molecular weight excluding hydrogens is 322 g/mol. The summed E-state index contributed by atoms with van der Waals surface area (Å²) < 4.78 is 0. The van der Waals surface area contributed by atoms with E-state index in [-0.39, 0.29) is 0 Å². The van der Waals surface area contributed by atoms with Crippen molar-refractivity contribution in [2.45, 2.75) is 18.9 Å². The van der Waals surface area contributed by atoms with Crippen molar-refractivity contribution in [3.63, 3.8) is 0 Å². The van der Waals surface area contributed by atoms with Gasteiger partial charge in [0.05, 0.1) is 0 Å². The number of aryl methyl sites for hydroxylation is 1. The van der Waals surface area contributed by atoms with Crippen LogP contribution in [0.1, 0.15) is 23.1 Å². The van der Waals surface area contributed by atoms with E-state index in [0.29, 0.717) is 16.3 Å². The zero-order chi connectivity index (χ0) is 17.0. The maximum Gasteiger partial charge on any atom is 0.267 e. The molecule has 0 spiro atoms. The fourth-order valence-corrected chi connectivity index (χ4v) is 3.10. The van der Waals surface area contributed by atoms with Crippen molar-refractivity contribution in [2.24, 2.45) is 0 Å². The van der Waals surface area contributed by atoms with Crippen molar-refractivity contribution < 1.29 is 9.90 Å². The summed E-state index contributed by atoms with van der Waals surface area (Å²) in [5, 5.41) is 23.1. The van der Waals surface area contributed by atoms with Crippen LogP contribution >= 0.6 is 11.3 Å². The van der Waals surface area contributed by atoms with Gasteiger partial charge in [-0.2, -0.15) is 0 Å². The van der Waals surface area contributed by atoms with E-state index in [1.54, 1.807) is 48.5 Å². The molecule has 0 radical (unpaired) electrons. The van der Waals surface area contributed by atoms with Gasteiger partial charge in [-0.15, -0.1) is 10.2 Å². The summed E-state index contributed by atoms with van der Waals surface area (Å²) >= 11 is 1.30. The lowest BCUT2D eigenvalue weighted by Crippen LogP contribution is -2.41. The van der Waals surface area contributed by atoms with Crippen molar-refractivity contribution in [1.82, 2.24) is 10.2 Å². The van der Waals surface area contributed by atoms with E-state index < -0.39 is 11.5 Å². The summed E-state index contributed by atoms with van der Waals surface area (Å²) in [5.74, 6) is -0.557. The van der Waals surface area contributed by atoms with Crippen LogP contribution in [-0.4, -0.2) is 21.2 Å². The molecule has 0 saturated carbocycles. The third kappa shape index (κ3) is 3.06. The third-order valence-electron chi connectivity index (χ3n) is 3.70. The molecule has 2 aromatic carbocycles. The number of nitrogens with zero attached hydrogens (tertiary/aromatic N) is 2. The number of rotatable bonds is 5. The maximum atomic E-state index is 12.9. The first kappa shape index (κ1) is 16.3. The van der Waals surface area contributed by atoms with Crippen LogP contribution in [0.4, 0.5) is 5.13 Å². The second-order valence-electron chi connectivity index (χ2n) is 5.25. The van der Waals surface area contributed by atoms with Crippen molar-refractivity contribution in [1.29, 1.82) is 0 Å². The van der Waals surface area contributed by atoms with E-state index in [2.05, 4.69) is 15.5 Å². The van der Waals surface area contributed by atoms with Crippen LogP contribution in [0.25, 0.3) is 0 Å². The minimum atomic E-state index is -1.80. The molecule has 122 valence electrons. The average molecular weight is 339 g/mol. The first-order chi connectivity index (χ1) is 11.6. The van der Waals surface area contributed by atoms with E-state index in [9.17, 15) is 9.90 Å². The normalized spacial score (nSPS) is 11.2.